The first kappa shape index (κ1) is 15.9. The highest BCUT2D eigenvalue weighted by molar-refractivity contribution is 5.22. The molecule has 1 aliphatic carbocycles. The second kappa shape index (κ2) is 7.08. The Labute approximate surface area is 135 Å². The van der Waals surface area contributed by atoms with Crippen molar-refractivity contribution in [2.75, 3.05) is 6.54 Å². The molecule has 1 fully saturated rings. The molecule has 1 aromatic heterocycles. The molecule has 0 saturated heterocycles. The standard InChI is InChI=1S/C17H22FN3O2/c18-13-4-6-14(7-5-13)22-11-15-20-16(23-21-15)10-17(12-19)8-2-1-3-9-17/h4-7H,1-3,8-12,19H2. The summed E-state index contributed by atoms with van der Waals surface area (Å²) in [5.41, 5.74) is 6.09. The topological polar surface area (TPSA) is 74.2 Å². The number of hydrogen-bond acceptors (Lipinski definition) is 5. The summed E-state index contributed by atoms with van der Waals surface area (Å²) in [6, 6.07) is 5.85. The maximum absolute atomic E-state index is 12.8. The second-order valence-electron chi connectivity index (χ2n) is 6.29. The van der Waals surface area contributed by atoms with E-state index in [1.54, 1.807) is 12.1 Å². The van der Waals surface area contributed by atoms with Crippen molar-refractivity contribution in [1.82, 2.24) is 10.1 Å². The molecule has 0 unspecified atom stereocenters. The van der Waals surface area contributed by atoms with Crippen molar-refractivity contribution in [3.05, 3.63) is 41.8 Å². The summed E-state index contributed by atoms with van der Waals surface area (Å²) in [6.45, 7) is 0.849. The van der Waals surface area contributed by atoms with Gasteiger partial charge in [0.15, 0.2) is 6.61 Å². The SMILES string of the molecule is NCC1(Cc2nc(COc3ccc(F)cc3)no2)CCCCC1. The maximum atomic E-state index is 12.8. The van der Waals surface area contributed by atoms with Crippen LogP contribution in [0, 0.1) is 11.2 Å². The van der Waals surface area contributed by atoms with Crippen LogP contribution in [0.3, 0.4) is 0 Å². The average Bonchev–Trinajstić information content (AvgIpc) is 3.02. The van der Waals surface area contributed by atoms with Gasteiger partial charge >= 0.3 is 0 Å². The Morgan fingerprint density at radius 1 is 1.17 bits per heavy atom. The molecule has 1 heterocycles. The van der Waals surface area contributed by atoms with E-state index in [0.717, 1.165) is 19.3 Å². The molecule has 3 rings (SSSR count). The van der Waals surface area contributed by atoms with Crippen LogP contribution in [-0.2, 0) is 13.0 Å². The predicted octanol–water partition coefficient (Wildman–Crippen LogP) is 3.24. The molecular weight excluding hydrogens is 297 g/mol. The first-order chi connectivity index (χ1) is 11.2. The van der Waals surface area contributed by atoms with Gasteiger partial charge in [-0.05, 0) is 49.1 Å². The molecule has 1 saturated carbocycles. The molecule has 6 heteroatoms. The van der Waals surface area contributed by atoms with Gasteiger partial charge in [-0.1, -0.05) is 24.4 Å². The van der Waals surface area contributed by atoms with Crippen LogP contribution in [0.15, 0.2) is 28.8 Å². The third kappa shape index (κ3) is 4.07. The Kier molecular flexibility index (Phi) is 4.91. The molecule has 1 aromatic carbocycles. The zero-order valence-electron chi connectivity index (χ0n) is 13.1. The molecule has 0 amide bonds. The third-order valence-electron chi connectivity index (χ3n) is 4.57. The van der Waals surface area contributed by atoms with Gasteiger partial charge in [-0.15, -0.1) is 0 Å². The zero-order chi connectivity index (χ0) is 16.1. The van der Waals surface area contributed by atoms with E-state index in [2.05, 4.69) is 10.1 Å². The van der Waals surface area contributed by atoms with Crippen molar-refractivity contribution < 1.29 is 13.7 Å². The summed E-state index contributed by atoms with van der Waals surface area (Å²) in [5, 5.41) is 3.95. The zero-order valence-corrected chi connectivity index (χ0v) is 13.1. The average molecular weight is 319 g/mol. The van der Waals surface area contributed by atoms with Crippen LogP contribution < -0.4 is 10.5 Å². The minimum Gasteiger partial charge on any atom is -0.485 e. The fourth-order valence-corrected chi connectivity index (χ4v) is 3.17. The van der Waals surface area contributed by atoms with Gasteiger partial charge in [0, 0.05) is 6.42 Å². The highest BCUT2D eigenvalue weighted by Crippen LogP contribution is 2.38. The maximum Gasteiger partial charge on any atom is 0.227 e. The van der Waals surface area contributed by atoms with Crippen molar-refractivity contribution in [1.29, 1.82) is 0 Å². The van der Waals surface area contributed by atoms with Crippen molar-refractivity contribution in [3.63, 3.8) is 0 Å². The predicted molar refractivity (Wildman–Crippen MR) is 83.3 cm³/mol. The van der Waals surface area contributed by atoms with Crippen LogP contribution in [-0.4, -0.2) is 16.7 Å². The van der Waals surface area contributed by atoms with Crippen molar-refractivity contribution in [3.8, 4) is 5.75 Å². The highest BCUT2D eigenvalue weighted by atomic mass is 19.1. The van der Waals surface area contributed by atoms with Crippen LogP contribution in [0.4, 0.5) is 4.39 Å². The number of halogens is 1. The Balaban J connectivity index is 1.58. The lowest BCUT2D eigenvalue weighted by atomic mass is 9.72. The minimum atomic E-state index is -0.293. The number of hydrogen-bond donors (Lipinski definition) is 1. The van der Waals surface area contributed by atoms with Gasteiger partial charge in [0.2, 0.25) is 11.7 Å². The van der Waals surface area contributed by atoms with Crippen LogP contribution in [0.2, 0.25) is 0 Å². The number of nitrogens with zero attached hydrogens (tertiary/aromatic N) is 2. The van der Waals surface area contributed by atoms with E-state index in [0.29, 0.717) is 24.0 Å². The smallest absolute Gasteiger partial charge is 0.227 e. The normalized spacial score (nSPS) is 17.1. The first-order valence-electron chi connectivity index (χ1n) is 8.09. The van der Waals surface area contributed by atoms with Crippen LogP contribution >= 0.6 is 0 Å². The van der Waals surface area contributed by atoms with Gasteiger partial charge in [-0.3, -0.25) is 0 Å². The lowest BCUT2D eigenvalue weighted by Crippen LogP contribution is -2.35. The van der Waals surface area contributed by atoms with Gasteiger partial charge in [0.25, 0.3) is 0 Å². The molecule has 1 aliphatic rings. The lowest BCUT2D eigenvalue weighted by Gasteiger charge is -2.34. The van der Waals surface area contributed by atoms with E-state index in [1.807, 2.05) is 0 Å². The second-order valence-corrected chi connectivity index (χ2v) is 6.29. The number of aromatic nitrogens is 2. The Morgan fingerprint density at radius 3 is 2.61 bits per heavy atom. The summed E-state index contributed by atoms with van der Waals surface area (Å²) in [7, 11) is 0. The molecular formula is C17H22FN3O2. The summed E-state index contributed by atoms with van der Waals surface area (Å²) in [4.78, 5) is 4.40. The number of benzene rings is 1. The molecule has 0 spiro atoms. The molecule has 23 heavy (non-hydrogen) atoms. The van der Waals surface area contributed by atoms with Crippen LogP contribution in [0.25, 0.3) is 0 Å². The van der Waals surface area contributed by atoms with E-state index < -0.39 is 0 Å². The molecule has 0 radical (unpaired) electrons. The number of rotatable bonds is 6. The molecule has 0 bridgehead atoms. The van der Waals surface area contributed by atoms with E-state index in [-0.39, 0.29) is 17.8 Å². The van der Waals surface area contributed by atoms with Gasteiger partial charge < -0.3 is 15.0 Å². The largest absolute Gasteiger partial charge is 0.485 e. The Morgan fingerprint density at radius 2 is 1.91 bits per heavy atom. The molecule has 2 aromatic rings. The molecule has 2 N–H and O–H groups in total. The van der Waals surface area contributed by atoms with Gasteiger partial charge in [0.1, 0.15) is 11.6 Å². The molecule has 0 atom stereocenters. The monoisotopic (exact) mass is 319 g/mol. The molecule has 0 aliphatic heterocycles. The van der Waals surface area contributed by atoms with Crippen molar-refractivity contribution >= 4 is 0 Å². The summed E-state index contributed by atoms with van der Waals surface area (Å²) >= 11 is 0. The van der Waals surface area contributed by atoms with E-state index in [4.69, 9.17) is 15.0 Å². The fraction of sp³-hybridized carbons (Fsp3) is 0.529. The first-order valence-corrected chi connectivity index (χ1v) is 8.09. The lowest BCUT2D eigenvalue weighted by molar-refractivity contribution is 0.177. The minimum absolute atomic E-state index is 0.0971. The van der Waals surface area contributed by atoms with Crippen molar-refractivity contribution in [2.45, 2.75) is 45.1 Å². The fourth-order valence-electron chi connectivity index (χ4n) is 3.17. The number of ether oxygens (including phenoxy) is 1. The van der Waals surface area contributed by atoms with E-state index >= 15 is 0 Å². The summed E-state index contributed by atoms with van der Waals surface area (Å²) in [6.07, 6.45) is 6.67. The molecule has 5 nitrogen and oxygen atoms in total. The quantitative estimate of drug-likeness (QED) is 0.884. The molecule has 124 valence electrons. The van der Waals surface area contributed by atoms with Crippen molar-refractivity contribution in [2.24, 2.45) is 11.1 Å². The highest BCUT2D eigenvalue weighted by Gasteiger charge is 2.32. The van der Waals surface area contributed by atoms with Gasteiger partial charge in [-0.25, -0.2) is 4.39 Å². The van der Waals surface area contributed by atoms with Gasteiger partial charge in [0.05, 0.1) is 0 Å². The summed E-state index contributed by atoms with van der Waals surface area (Å²) < 4.78 is 23.7. The van der Waals surface area contributed by atoms with Crippen LogP contribution in [0.1, 0.15) is 43.8 Å². The summed E-state index contributed by atoms with van der Waals surface area (Å²) in [5.74, 6) is 1.39. The van der Waals surface area contributed by atoms with Gasteiger partial charge in [-0.2, -0.15) is 4.98 Å². The Bertz CT molecular complexity index is 621. The van der Waals surface area contributed by atoms with E-state index in [9.17, 15) is 4.39 Å². The Hall–Kier alpha value is -1.95. The number of nitrogens with two attached hydrogens (primary N) is 1. The third-order valence-corrected chi connectivity index (χ3v) is 4.57. The van der Waals surface area contributed by atoms with Crippen LogP contribution in [0.5, 0.6) is 5.75 Å². The van der Waals surface area contributed by atoms with E-state index in [1.165, 1.54) is 31.4 Å².